The Hall–Kier alpha value is -1.40. The minimum atomic E-state index is -3.15. The fourth-order valence-electron chi connectivity index (χ4n) is 2.94. The van der Waals surface area contributed by atoms with Crippen molar-refractivity contribution in [1.29, 1.82) is 0 Å². The van der Waals surface area contributed by atoms with Crippen molar-refractivity contribution in [2.75, 3.05) is 18.8 Å². The Morgan fingerprint density at radius 3 is 2.43 bits per heavy atom. The molecule has 2 rings (SSSR count). The molecule has 5 nitrogen and oxygen atoms in total. The van der Waals surface area contributed by atoms with E-state index in [4.69, 9.17) is 0 Å². The molecule has 1 aromatic carbocycles. The highest BCUT2D eigenvalue weighted by atomic mass is 32.2. The summed E-state index contributed by atoms with van der Waals surface area (Å²) >= 11 is 0. The zero-order valence-electron chi connectivity index (χ0n) is 13.9. The minimum absolute atomic E-state index is 0.0221. The van der Waals surface area contributed by atoms with Gasteiger partial charge in [-0.05, 0) is 31.7 Å². The van der Waals surface area contributed by atoms with Crippen LogP contribution in [0.1, 0.15) is 44.7 Å². The number of rotatable bonds is 6. The van der Waals surface area contributed by atoms with Crippen LogP contribution in [0, 0.1) is 5.92 Å². The average molecular weight is 338 g/mol. The molecule has 0 radical (unpaired) electrons. The van der Waals surface area contributed by atoms with Crippen LogP contribution in [-0.2, 0) is 14.8 Å². The predicted octanol–water partition coefficient (Wildman–Crippen LogP) is 2.32. The van der Waals surface area contributed by atoms with Crippen LogP contribution in [0.5, 0.6) is 0 Å². The maximum atomic E-state index is 12.4. The predicted molar refractivity (Wildman–Crippen MR) is 91.4 cm³/mol. The first kappa shape index (κ1) is 17.9. The van der Waals surface area contributed by atoms with Crippen LogP contribution < -0.4 is 5.32 Å². The number of benzene rings is 1. The standard InChI is InChI=1S/C17H26N2O3S/c1-3-13-23(21,22)19-11-9-16(10-12-19)17(20)18-14(2)15-7-5-4-6-8-15/h4-8,14,16H,3,9-13H2,1-2H3,(H,18,20). The van der Waals surface area contributed by atoms with Gasteiger partial charge >= 0.3 is 0 Å². The first-order valence-corrected chi connectivity index (χ1v) is 9.88. The molecule has 23 heavy (non-hydrogen) atoms. The third kappa shape index (κ3) is 4.78. The van der Waals surface area contributed by atoms with Gasteiger partial charge in [0, 0.05) is 19.0 Å². The summed E-state index contributed by atoms with van der Waals surface area (Å²) in [6.45, 7) is 4.72. The van der Waals surface area contributed by atoms with Gasteiger partial charge < -0.3 is 5.32 Å². The van der Waals surface area contributed by atoms with Gasteiger partial charge in [0.1, 0.15) is 0 Å². The van der Waals surface area contributed by atoms with Gasteiger partial charge in [-0.2, -0.15) is 0 Å². The fraction of sp³-hybridized carbons (Fsp3) is 0.588. The number of hydrogen-bond acceptors (Lipinski definition) is 3. The molecule has 0 saturated carbocycles. The smallest absolute Gasteiger partial charge is 0.223 e. The second kappa shape index (κ2) is 7.93. The summed E-state index contributed by atoms with van der Waals surface area (Å²) in [6, 6.07) is 9.80. The molecule has 1 atom stereocenters. The molecule has 0 aromatic heterocycles. The van der Waals surface area contributed by atoms with E-state index in [-0.39, 0.29) is 23.6 Å². The Labute approximate surface area is 139 Å². The Bertz CT molecular complexity index is 608. The molecule has 1 heterocycles. The topological polar surface area (TPSA) is 66.5 Å². The summed E-state index contributed by atoms with van der Waals surface area (Å²) in [5, 5.41) is 3.04. The van der Waals surface area contributed by atoms with E-state index in [1.165, 1.54) is 4.31 Å². The van der Waals surface area contributed by atoms with Crippen LogP contribution in [0.25, 0.3) is 0 Å². The minimum Gasteiger partial charge on any atom is -0.349 e. The number of hydrogen-bond donors (Lipinski definition) is 1. The fourth-order valence-corrected chi connectivity index (χ4v) is 4.48. The molecule has 0 bridgehead atoms. The van der Waals surface area contributed by atoms with Gasteiger partial charge in [0.05, 0.1) is 11.8 Å². The third-order valence-electron chi connectivity index (χ3n) is 4.34. The van der Waals surface area contributed by atoms with Crippen LogP contribution >= 0.6 is 0 Å². The van der Waals surface area contributed by atoms with Crippen molar-refractivity contribution in [2.45, 2.75) is 39.2 Å². The van der Waals surface area contributed by atoms with Gasteiger partial charge in [0.25, 0.3) is 0 Å². The summed E-state index contributed by atoms with van der Waals surface area (Å²) < 4.78 is 25.6. The quantitative estimate of drug-likeness (QED) is 0.865. The van der Waals surface area contributed by atoms with Crippen LogP contribution in [0.2, 0.25) is 0 Å². The summed E-state index contributed by atoms with van der Waals surface area (Å²) in [5.41, 5.74) is 1.07. The number of nitrogens with zero attached hydrogens (tertiary/aromatic N) is 1. The highest BCUT2D eigenvalue weighted by Crippen LogP contribution is 2.22. The molecular weight excluding hydrogens is 312 g/mol. The number of piperidine rings is 1. The van der Waals surface area contributed by atoms with Crippen molar-refractivity contribution < 1.29 is 13.2 Å². The number of amides is 1. The lowest BCUT2D eigenvalue weighted by molar-refractivity contribution is -0.126. The zero-order valence-corrected chi connectivity index (χ0v) is 14.7. The maximum absolute atomic E-state index is 12.4. The summed E-state index contributed by atoms with van der Waals surface area (Å²) in [6.07, 6.45) is 1.81. The molecule has 1 aliphatic heterocycles. The largest absolute Gasteiger partial charge is 0.349 e. The molecular formula is C17H26N2O3S. The molecule has 0 aliphatic carbocycles. The highest BCUT2D eigenvalue weighted by molar-refractivity contribution is 7.89. The molecule has 0 spiro atoms. The zero-order chi connectivity index (χ0) is 16.9. The van der Waals surface area contributed by atoms with E-state index < -0.39 is 10.0 Å². The molecule has 6 heteroatoms. The Kier molecular flexibility index (Phi) is 6.18. The van der Waals surface area contributed by atoms with Crippen LogP contribution in [-0.4, -0.2) is 37.5 Å². The third-order valence-corrected chi connectivity index (χ3v) is 6.41. The lowest BCUT2D eigenvalue weighted by Crippen LogP contribution is -2.44. The van der Waals surface area contributed by atoms with Crippen molar-refractivity contribution in [1.82, 2.24) is 9.62 Å². The van der Waals surface area contributed by atoms with E-state index in [9.17, 15) is 13.2 Å². The molecule has 1 aliphatic rings. The first-order valence-electron chi connectivity index (χ1n) is 8.27. The lowest BCUT2D eigenvalue weighted by Gasteiger charge is -2.31. The number of nitrogens with one attached hydrogen (secondary N) is 1. The molecule has 1 amide bonds. The second-order valence-corrected chi connectivity index (χ2v) is 8.22. The molecule has 1 saturated heterocycles. The molecule has 1 fully saturated rings. The lowest BCUT2D eigenvalue weighted by atomic mass is 9.96. The highest BCUT2D eigenvalue weighted by Gasteiger charge is 2.30. The summed E-state index contributed by atoms with van der Waals surface area (Å²) in [4.78, 5) is 12.4. The van der Waals surface area contributed by atoms with Gasteiger partial charge in [-0.15, -0.1) is 0 Å². The second-order valence-electron chi connectivity index (χ2n) is 6.13. The monoisotopic (exact) mass is 338 g/mol. The molecule has 128 valence electrons. The van der Waals surface area contributed by atoms with E-state index in [0.29, 0.717) is 32.4 Å². The van der Waals surface area contributed by atoms with E-state index >= 15 is 0 Å². The Morgan fingerprint density at radius 1 is 1.26 bits per heavy atom. The van der Waals surface area contributed by atoms with E-state index in [1.807, 2.05) is 44.2 Å². The maximum Gasteiger partial charge on any atom is 0.223 e. The van der Waals surface area contributed by atoms with Crippen molar-refractivity contribution in [2.24, 2.45) is 5.92 Å². The summed E-state index contributed by atoms with van der Waals surface area (Å²) in [7, 11) is -3.15. The van der Waals surface area contributed by atoms with Crippen molar-refractivity contribution in [3.05, 3.63) is 35.9 Å². The molecule has 1 unspecified atom stereocenters. The van der Waals surface area contributed by atoms with E-state index in [1.54, 1.807) is 0 Å². The van der Waals surface area contributed by atoms with Crippen LogP contribution in [0.4, 0.5) is 0 Å². The number of carbonyl (C=O) groups excluding carboxylic acids is 1. The Balaban J connectivity index is 1.86. The van der Waals surface area contributed by atoms with Crippen LogP contribution in [0.15, 0.2) is 30.3 Å². The molecule has 1 N–H and O–H groups in total. The van der Waals surface area contributed by atoms with Crippen molar-refractivity contribution >= 4 is 15.9 Å². The average Bonchev–Trinajstić information content (AvgIpc) is 2.55. The molecule has 1 aromatic rings. The van der Waals surface area contributed by atoms with Gasteiger partial charge in [-0.3, -0.25) is 4.79 Å². The van der Waals surface area contributed by atoms with Gasteiger partial charge in [0.2, 0.25) is 15.9 Å². The number of carbonyl (C=O) groups is 1. The van der Waals surface area contributed by atoms with Gasteiger partial charge in [-0.1, -0.05) is 37.3 Å². The van der Waals surface area contributed by atoms with Gasteiger partial charge in [-0.25, -0.2) is 12.7 Å². The van der Waals surface area contributed by atoms with Crippen LogP contribution in [0.3, 0.4) is 0 Å². The number of sulfonamides is 1. The van der Waals surface area contributed by atoms with Crippen molar-refractivity contribution in [3.8, 4) is 0 Å². The normalized spacial score (nSPS) is 18.5. The summed E-state index contributed by atoms with van der Waals surface area (Å²) in [5.74, 6) is 0.109. The van der Waals surface area contributed by atoms with Crippen molar-refractivity contribution in [3.63, 3.8) is 0 Å². The Morgan fingerprint density at radius 2 is 1.87 bits per heavy atom. The van der Waals surface area contributed by atoms with E-state index in [0.717, 1.165) is 5.56 Å². The van der Waals surface area contributed by atoms with Gasteiger partial charge in [0.15, 0.2) is 0 Å². The SMILES string of the molecule is CCCS(=O)(=O)N1CCC(C(=O)NC(C)c2ccccc2)CC1. The first-order chi connectivity index (χ1) is 10.9. The van der Waals surface area contributed by atoms with E-state index in [2.05, 4.69) is 5.32 Å².